The summed E-state index contributed by atoms with van der Waals surface area (Å²) in [4.78, 5) is 36.9. The van der Waals surface area contributed by atoms with Gasteiger partial charge in [0.15, 0.2) is 0 Å². The van der Waals surface area contributed by atoms with E-state index in [1.54, 1.807) is 13.8 Å². The van der Waals surface area contributed by atoms with Gasteiger partial charge in [-0.15, -0.1) is 12.4 Å². The standard InChI is InChI=1S/C15H28N4O3.ClH/c1-10(2)15(5,9-16)17-11(20)7-6-8-19-12(21)14(3,4)18-13(19)22;/h10H,6-9,16H2,1-5H3,(H,17,20)(H,18,22);1H. The summed E-state index contributed by atoms with van der Waals surface area (Å²) in [6.45, 7) is 9.84. The number of hydrogen-bond donors (Lipinski definition) is 3. The number of rotatable bonds is 7. The highest BCUT2D eigenvalue weighted by Gasteiger charge is 2.43. The second kappa shape index (κ2) is 7.97. The molecule has 4 N–H and O–H groups in total. The van der Waals surface area contributed by atoms with E-state index in [0.717, 1.165) is 4.90 Å². The van der Waals surface area contributed by atoms with Gasteiger partial charge in [0.25, 0.3) is 5.91 Å². The van der Waals surface area contributed by atoms with Crippen molar-refractivity contribution in [1.29, 1.82) is 0 Å². The summed E-state index contributed by atoms with van der Waals surface area (Å²) in [5.41, 5.74) is 4.42. The molecule has 23 heavy (non-hydrogen) atoms. The van der Waals surface area contributed by atoms with Gasteiger partial charge in [0.1, 0.15) is 5.54 Å². The summed E-state index contributed by atoms with van der Waals surface area (Å²) < 4.78 is 0. The molecule has 7 nitrogen and oxygen atoms in total. The summed E-state index contributed by atoms with van der Waals surface area (Å²) in [6.07, 6.45) is 0.680. The molecule has 1 saturated heterocycles. The number of urea groups is 1. The van der Waals surface area contributed by atoms with Crippen molar-refractivity contribution >= 4 is 30.3 Å². The molecule has 0 saturated carbocycles. The maximum atomic E-state index is 12.0. The Morgan fingerprint density at radius 1 is 1.39 bits per heavy atom. The maximum absolute atomic E-state index is 12.0. The average molecular weight is 349 g/mol. The summed E-state index contributed by atoms with van der Waals surface area (Å²) >= 11 is 0. The van der Waals surface area contributed by atoms with Crippen LogP contribution >= 0.6 is 12.4 Å². The van der Waals surface area contributed by atoms with Crippen LogP contribution in [-0.4, -0.2) is 46.9 Å². The van der Waals surface area contributed by atoms with E-state index in [4.69, 9.17) is 5.73 Å². The van der Waals surface area contributed by atoms with E-state index >= 15 is 0 Å². The molecule has 1 unspecified atom stereocenters. The predicted molar refractivity (Wildman–Crippen MR) is 91.2 cm³/mol. The van der Waals surface area contributed by atoms with E-state index in [-0.39, 0.29) is 43.1 Å². The number of carbonyl (C=O) groups excluding carboxylic acids is 3. The van der Waals surface area contributed by atoms with Gasteiger partial charge < -0.3 is 16.4 Å². The average Bonchev–Trinajstić information content (AvgIpc) is 2.60. The second-order valence-electron chi connectivity index (χ2n) is 6.94. The van der Waals surface area contributed by atoms with Crippen molar-refractivity contribution in [2.75, 3.05) is 13.1 Å². The Kier molecular flexibility index (Phi) is 7.50. The van der Waals surface area contributed by atoms with E-state index in [1.807, 2.05) is 20.8 Å². The van der Waals surface area contributed by atoms with Crippen molar-refractivity contribution < 1.29 is 14.4 Å². The number of hydrogen-bond acceptors (Lipinski definition) is 4. The Bertz CT molecular complexity index is 468. The van der Waals surface area contributed by atoms with Crippen LogP contribution in [0.25, 0.3) is 0 Å². The van der Waals surface area contributed by atoms with Crippen LogP contribution in [0.15, 0.2) is 0 Å². The first kappa shape index (κ1) is 21.7. The molecule has 0 aromatic heterocycles. The van der Waals surface area contributed by atoms with Crippen molar-refractivity contribution in [3.8, 4) is 0 Å². The van der Waals surface area contributed by atoms with Crippen molar-refractivity contribution in [2.24, 2.45) is 11.7 Å². The summed E-state index contributed by atoms with van der Waals surface area (Å²) in [7, 11) is 0. The lowest BCUT2D eigenvalue weighted by Crippen LogP contribution is -2.55. The van der Waals surface area contributed by atoms with Gasteiger partial charge in [-0.05, 0) is 33.1 Å². The molecule has 0 bridgehead atoms. The summed E-state index contributed by atoms with van der Waals surface area (Å²) in [5.74, 6) is -0.159. The molecule has 0 aliphatic carbocycles. The number of nitrogens with one attached hydrogen (secondary N) is 2. The van der Waals surface area contributed by atoms with Gasteiger partial charge in [0.05, 0.1) is 5.54 Å². The molecule has 1 fully saturated rings. The normalized spacial score (nSPS) is 19.2. The monoisotopic (exact) mass is 348 g/mol. The van der Waals surface area contributed by atoms with Crippen LogP contribution in [0.2, 0.25) is 0 Å². The molecule has 1 heterocycles. The Hall–Kier alpha value is -1.34. The molecular formula is C15H29ClN4O3. The lowest BCUT2D eigenvalue weighted by Gasteiger charge is -2.33. The van der Waals surface area contributed by atoms with Crippen LogP contribution in [0, 0.1) is 5.92 Å². The van der Waals surface area contributed by atoms with Gasteiger partial charge >= 0.3 is 6.03 Å². The number of nitrogens with zero attached hydrogens (tertiary/aromatic N) is 1. The molecular weight excluding hydrogens is 320 g/mol. The zero-order valence-corrected chi connectivity index (χ0v) is 15.4. The molecule has 1 aliphatic heterocycles. The Morgan fingerprint density at radius 3 is 2.35 bits per heavy atom. The molecule has 134 valence electrons. The molecule has 8 heteroatoms. The first-order valence-electron chi connectivity index (χ1n) is 7.68. The number of amides is 4. The Labute approximate surface area is 144 Å². The first-order chi connectivity index (χ1) is 10.0. The van der Waals surface area contributed by atoms with E-state index in [9.17, 15) is 14.4 Å². The predicted octanol–water partition coefficient (Wildman–Crippen LogP) is 1.01. The highest BCUT2D eigenvalue weighted by Crippen LogP contribution is 2.18. The van der Waals surface area contributed by atoms with E-state index in [1.165, 1.54) is 0 Å². The van der Waals surface area contributed by atoms with Gasteiger partial charge in [0.2, 0.25) is 5.91 Å². The molecule has 0 aromatic rings. The Morgan fingerprint density at radius 2 is 1.96 bits per heavy atom. The number of halogens is 1. The molecule has 4 amide bonds. The third kappa shape index (κ3) is 5.07. The Balaban J connectivity index is 0.00000484. The molecule has 0 radical (unpaired) electrons. The minimum Gasteiger partial charge on any atom is -0.349 e. The van der Waals surface area contributed by atoms with E-state index < -0.39 is 17.1 Å². The molecule has 1 rings (SSSR count). The SMILES string of the molecule is CC(C)C(C)(CN)NC(=O)CCCN1C(=O)NC(C)(C)C1=O.Cl. The number of imide groups is 1. The topological polar surface area (TPSA) is 105 Å². The van der Waals surface area contributed by atoms with Gasteiger partial charge in [-0.25, -0.2) is 4.79 Å². The third-order valence-electron chi connectivity index (χ3n) is 4.35. The lowest BCUT2D eigenvalue weighted by molar-refractivity contribution is -0.130. The van der Waals surface area contributed by atoms with Crippen LogP contribution in [0.4, 0.5) is 4.79 Å². The largest absolute Gasteiger partial charge is 0.349 e. The van der Waals surface area contributed by atoms with Crippen molar-refractivity contribution in [1.82, 2.24) is 15.5 Å². The minimum absolute atomic E-state index is 0. The van der Waals surface area contributed by atoms with Gasteiger partial charge in [-0.2, -0.15) is 0 Å². The number of nitrogens with two attached hydrogens (primary N) is 1. The molecule has 1 atom stereocenters. The first-order valence-corrected chi connectivity index (χ1v) is 7.68. The van der Waals surface area contributed by atoms with Gasteiger partial charge in [0, 0.05) is 19.5 Å². The van der Waals surface area contributed by atoms with Crippen LogP contribution < -0.4 is 16.4 Å². The summed E-state index contributed by atoms with van der Waals surface area (Å²) in [5, 5.41) is 5.55. The molecule has 0 aromatic carbocycles. The number of carbonyl (C=O) groups is 3. The van der Waals surface area contributed by atoms with Crippen molar-refractivity contribution in [3.05, 3.63) is 0 Å². The van der Waals surface area contributed by atoms with Gasteiger partial charge in [-0.3, -0.25) is 14.5 Å². The van der Waals surface area contributed by atoms with Gasteiger partial charge in [-0.1, -0.05) is 13.8 Å². The van der Waals surface area contributed by atoms with Crippen LogP contribution in [0.5, 0.6) is 0 Å². The van der Waals surface area contributed by atoms with Crippen molar-refractivity contribution in [3.63, 3.8) is 0 Å². The highest BCUT2D eigenvalue weighted by molar-refractivity contribution is 6.06. The zero-order chi connectivity index (χ0) is 17.1. The van der Waals surface area contributed by atoms with Crippen LogP contribution in [0.3, 0.4) is 0 Å². The summed E-state index contributed by atoms with van der Waals surface area (Å²) in [6, 6.07) is -0.399. The minimum atomic E-state index is -0.866. The quantitative estimate of drug-likeness (QED) is 0.597. The zero-order valence-electron chi connectivity index (χ0n) is 14.6. The van der Waals surface area contributed by atoms with Crippen LogP contribution in [0.1, 0.15) is 47.5 Å². The fraction of sp³-hybridized carbons (Fsp3) is 0.800. The highest BCUT2D eigenvalue weighted by atomic mass is 35.5. The van der Waals surface area contributed by atoms with E-state index in [2.05, 4.69) is 10.6 Å². The maximum Gasteiger partial charge on any atom is 0.325 e. The van der Waals surface area contributed by atoms with E-state index in [0.29, 0.717) is 13.0 Å². The third-order valence-corrected chi connectivity index (χ3v) is 4.35. The second-order valence-corrected chi connectivity index (χ2v) is 6.94. The van der Waals surface area contributed by atoms with Crippen molar-refractivity contribution in [2.45, 2.75) is 58.5 Å². The molecule has 0 spiro atoms. The molecule has 1 aliphatic rings. The lowest BCUT2D eigenvalue weighted by atomic mass is 9.88. The smallest absolute Gasteiger partial charge is 0.325 e. The fourth-order valence-electron chi connectivity index (χ4n) is 2.23. The fourth-order valence-corrected chi connectivity index (χ4v) is 2.23. The van der Waals surface area contributed by atoms with Crippen LogP contribution in [-0.2, 0) is 9.59 Å².